The monoisotopic (exact) mass is 278 g/mol. The number of hydrogen-bond acceptors (Lipinski definition) is 3. The lowest BCUT2D eigenvalue weighted by molar-refractivity contribution is 0.0873. The third-order valence-corrected chi connectivity index (χ3v) is 4.24. The van der Waals surface area contributed by atoms with Crippen LogP contribution in [0, 0.1) is 6.92 Å². The van der Waals surface area contributed by atoms with E-state index in [0.29, 0.717) is 0 Å². The number of rotatable bonds is 0. The summed E-state index contributed by atoms with van der Waals surface area (Å²) in [5.41, 5.74) is 4.01. The SMILES string of the molecule is Cc1cnc2c3c(c4ccccc4c2n1)OC(C)(C)CC3. The Bertz CT molecular complexity index is 868. The Kier molecular flexibility index (Phi) is 2.49. The van der Waals surface area contributed by atoms with Crippen molar-refractivity contribution in [3.8, 4) is 5.75 Å². The maximum atomic E-state index is 6.30. The lowest BCUT2D eigenvalue weighted by Gasteiger charge is -2.33. The maximum absolute atomic E-state index is 6.30. The van der Waals surface area contributed by atoms with Crippen molar-refractivity contribution >= 4 is 21.8 Å². The molecule has 106 valence electrons. The molecule has 1 aliphatic heterocycles. The summed E-state index contributed by atoms with van der Waals surface area (Å²) in [6.45, 7) is 6.28. The molecule has 0 unspecified atom stereocenters. The fourth-order valence-corrected chi connectivity index (χ4v) is 3.15. The highest BCUT2D eigenvalue weighted by atomic mass is 16.5. The van der Waals surface area contributed by atoms with Crippen LogP contribution >= 0.6 is 0 Å². The van der Waals surface area contributed by atoms with Gasteiger partial charge in [-0.05, 0) is 33.6 Å². The Balaban J connectivity index is 2.18. The summed E-state index contributed by atoms with van der Waals surface area (Å²) in [6.07, 6.45) is 3.83. The molecule has 3 nitrogen and oxygen atoms in total. The zero-order valence-electron chi connectivity index (χ0n) is 12.6. The van der Waals surface area contributed by atoms with Gasteiger partial charge in [-0.3, -0.25) is 4.98 Å². The molecule has 0 amide bonds. The van der Waals surface area contributed by atoms with Gasteiger partial charge in [0.15, 0.2) is 0 Å². The Morgan fingerprint density at radius 2 is 1.86 bits per heavy atom. The van der Waals surface area contributed by atoms with E-state index in [-0.39, 0.29) is 5.60 Å². The van der Waals surface area contributed by atoms with Crippen LogP contribution in [0.2, 0.25) is 0 Å². The molecule has 21 heavy (non-hydrogen) atoms. The van der Waals surface area contributed by atoms with Crippen LogP contribution in [-0.2, 0) is 6.42 Å². The fraction of sp³-hybridized carbons (Fsp3) is 0.333. The second-order valence-electron chi connectivity index (χ2n) is 6.42. The normalized spacial score (nSPS) is 16.7. The summed E-state index contributed by atoms with van der Waals surface area (Å²) < 4.78 is 6.30. The number of aromatic nitrogens is 2. The predicted octanol–water partition coefficient (Wildman–Crippen LogP) is 4.20. The van der Waals surface area contributed by atoms with E-state index < -0.39 is 0 Å². The third kappa shape index (κ3) is 1.88. The van der Waals surface area contributed by atoms with Gasteiger partial charge in [0.05, 0.1) is 16.7 Å². The molecule has 0 atom stereocenters. The molecule has 0 fully saturated rings. The van der Waals surface area contributed by atoms with Crippen LogP contribution in [0.1, 0.15) is 31.5 Å². The average molecular weight is 278 g/mol. The van der Waals surface area contributed by atoms with E-state index in [2.05, 4.69) is 37.0 Å². The number of ether oxygens (including phenoxy) is 1. The second-order valence-corrected chi connectivity index (χ2v) is 6.42. The largest absolute Gasteiger partial charge is 0.487 e. The summed E-state index contributed by atoms with van der Waals surface area (Å²) in [6, 6.07) is 8.34. The first kappa shape index (κ1) is 12.6. The molecule has 3 aromatic rings. The molecule has 3 heteroatoms. The van der Waals surface area contributed by atoms with Gasteiger partial charge in [0.25, 0.3) is 0 Å². The highest BCUT2D eigenvalue weighted by Crippen LogP contribution is 2.42. The molecule has 1 aliphatic rings. The van der Waals surface area contributed by atoms with E-state index in [1.54, 1.807) is 0 Å². The number of benzene rings is 2. The van der Waals surface area contributed by atoms with Crippen molar-refractivity contribution in [3.63, 3.8) is 0 Å². The van der Waals surface area contributed by atoms with Gasteiger partial charge in [-0.1, -0.05) is 24.3 Å². The number of nitrogens with zero attached hydrogens (tertiary/aromatic N) is 2. The van der Waals surface area contributed by atoms with Gasteiger partial charge in [-0.25, -0.2) is 4.98 Å². The van der Waals surface area contributed by atoms with Crippen LogP contribution < -0.4 is 4.74 Å². The molecule has 2 heterocycles. The first-order chi connectivity index (χ1) is 10.1. The van der Waals surface area contributed by atoms with Crippen molar-refractivity contribution in [2.24, 2.45) is 0 Å². The fourth-order valence-electron chi connectivity index (χ4n) is 3.15. The first-order valence-electron chi connectivity index (χ1n) is 7.41. The van der Waals surface area contributed by atoms with Crippen LogP contribution in [0.25, 0.3) is 21.8 Å². The summed E-state index contributed by atoms with van der Waals surface area (Å²) in [5.74, 6) is 0.993. The third-order valence-electron chi connectivity index (χ3n) is 4.24. The highest BCUT2D eigenvalue weighted by Gasteiger charge is 2.30. The Morgan fingerprint density at radius 1 is 1.10 bits per heavy atom. The van der Waals surface area contributed by atoms with Gasteiger partial charge in [0.2, 0.25) is 0 Å². The highest BCUT2D eigenvalue weighted by molar-refractivity contribution is 6.09. The number of fused-ring (bicyclic) bond motifs is 6. The molecule has 0 saturated carbocycles. The van der Waals surface area contributed by atoms with Gasteiger partial charge < -0.3 is 4.74 Å². The van der Waals surface area contributed by atoms with Gasteiger partial charge in [0, 0.05) is 22.5 Å². The average Bonchev–Trinajstić information content (AvgIpc) is 2.47. The van der Waals surface area contributed by atoms with Gasteiger partial charge in [-0.15, -0.1) is 0 Å². The van der Waals surface area contributed by atoms with E-state index >= 15 is 0 Å². The first-order valence-corrected chi connectivity index (χ1v) is 7.41. The zero-order valence-corrected chi connectivity index (χ0v) is 12.6. The molecule has 0 saturated heterocycles. The molecule has 0 radical (unpaired) electrons. The molecule has 0 N–H and O–H groups in total. The Hall–Kier alpha value is -2.16. The minimum Gasteiger partial charge on any atom is -0.487 e. The predicted molar refractivity (Wildman–Crippen MR) is 84.8 cm³/mol. The summed E-state index contributed by atoms with van der Waals surface area (Å²) in [7, 11) is 0. The van der Waals surface area contributed by atoms with Crippen LogP contribution in [0.4, 0.5) is 0 Å². The number of aryl methyl sites for hydroxylation is 2. The van der Waals surface area contributed by atoms with Crippen LogP contribution in [-0.4, -0.2) is 15.6 Å². The minimum atomic E-state index is -0.123. The topological polar surface area (TPSA) is 35.0 Å². The molecule has 0 bridgehead atoms. The van der Waals surface area contributed by atoms with E-state index in [9.17, 15) is 0 Å². The molecule has 0 spiro atoms. The molecule has 2 aromatic carbocycles. The smallest absolute Gasteiger partial charge is 0.133 e. The summed E-state index contributed by atoms with van der Waals surface area (Å²) in [5, 5.41) is 2.27. The standard InChI is InChI=1S/C18H18N2O/c1-11-10-19-15-14-8-9-18(2,3)21-17(14)13-7-5-4-6-12(13)16(15)20-11/h4-7,10H,8-9H2,1-3H3. The molecular weight excluding hydrogens is 260 g/mol. The van der Waals surface area contributed by atoms with Crippen molar-refractivity contribution < 1.29 is 4.74 Å². The Morgan fingerprint density at radius 3 is 2.67 bits per heavy atom. The van der Waals surface area contributed by atoms with Gasteiger partial charge in [-0.2, -0.15) is 0 Å². The van der Waals surface area contributed by atoms with Crippen LogP contribution in [0.5, 0.6) is 5.75 Å². The second kappa shape index (κ2) is 4.17. The zero-order chi connectivity index (χ0) is 14.6. The minimum absolute atomic E-state index is 0.123. The lowest BCUT2D eigenvalue weighted by atomic mass is 9.91. The quantitative estimate of drug-likeness (QED) is 0.578. The van der Waals surface area contributed by atoms with Gasteiger partial charge >= 0.3 is 0 Å². The summed E-state index contributed by atoms with van der Waals surface area (Å²) in [4.78, 5) is 9.38. The van der Waals surface area contributed by atoms with Crippen molar-refractivity contribution in [3.05, 3.63) is 41.7 Å². The Labute approximate surface area is 124 Å². The molecular formula is C18H18N2O. The van der Waals surface area contributed by atoms with Crippen molar-refractivity contribution in [1.82, 2.24) is 9.97 Å². The maximum Gasteiger partial charge on any atom is 0.133 e. The van der Waals surface area contributed by atoms with Crippen molar-refractivity contribution in [2.45, 2.75) is 39.2 Å². The lowest BCUT2D eigenvalue weighted by Crippen LogP contribution is -2.32. The van der Waals surface area contributed by atoms with E-state index in [1.807, 2.05) is 19.2 Å². The number of hydrogen-bond donors (Lipinski definition) is 0. The van der Waals surface area contributed by atoms with E-state index in [0.717, 1.165) is 46.1 Å². The van der Waals surface area contributed by atoms with Gasteiger partial charge in [0.1, 0.15) is 11.4 Å². The molecule has 1 aromatic heterocycles. The van der Waals surface area contributed by atoms with E-state index in [4.69, 9.17) is 9.72 Å². The molecule has 0 aliphatic carbocycles. The van der Waals surface area contributed by atoms with Crippen molar-refractivity contribution in [2.75, 3.05) is 0 Å². The van der Waals surface area contributed by atoms with Crippen LogP contribution in [0.3, 0.4) is 0 Å². The van der Waals surface area contributed by atoms with E-state index in [1.165, 1.54) is 5.56 Å². The van der Waals surface area contributed by atoms with Crippen LogP contribution in [0.15, 0.2) is 30.5 Å². The molecule has 4 rings (SSSR count). The summed E-state index contributed by atoms with van der Waals surface area (Å²) >= 11 is 0. The van der Waals surface area contributed by atoms with Crippen molar-refractivity contribution in [1.29, 1.82) is 0 Å².